The molecule has 0 atom stereocenters. The highest BCUT2D eigenvalue weighted by atomic mass is 35.5. The van der Waals surface area contributed by atoms with Crippen molar-refractivity contribution in [2.24, 2.45) is 0 Å². The van der Waals surface area contributed by atoms with Crippen molar-refractivity contribution in [2.75, 3.05) is 6.61 Å². The first kappa shape index (κ1) is 20.7. The molecular formula is C19H16Cl2N2O4. The Morgan fingerprint density at radius 1 is 1.22 bits per heavy atom. The van der Waals surface area contributed by atoms with Crippen molar-refractivity contribution in [3.05, 3.63) is 66.5 Å². The van der Waals surface area contributed by atoms with Gasteiger partial charge in [0, 0.05) is 17.7 Å². The molecule has 0 aliphatic carbocycles. The molecule has 0 unspecified atom stereocenters. The highest BCUT2D eigenvalue weighted by Crippen LogP contribution is 2.23. The summed E-state index contributed by atoms with van der Waals surface area (Å²) in [6.45, 7) is 2.95. The molecule has 6 nitrogen and oxygen atoms in total. The van der Waals surface area contributed by atoms with Gasteiger partial charge in [-0.15, -0.1) is 0 Å². The van der Waals surface area contributed by atoms with E-state index in [1.165, 1.54) is 18.2 Å². The average Bonchev–Trinajstić information content (AvgIpc) is 2.61. The third kappa shape index (κ3) is 4.97. The van der Waals surface area contributed by atoms with Gasteiger partial charge in [-0.05, 0) is 49.6 Å². The number of nitrogens with one attached hydrogen (secondary N) is 1. The van der Waals surface area contributed by atoms with E-state index >= 15 is 0 Å². The zero-order chi connectivity index (χ0) is 20.1. The molecule has 27 heavy (non-hydrogen) atoms. The minimum atomic E-state index is -0.563. The number of nitriles is 1. The summed E-state index contributed by atoms with van der Waals surface area (Å²) in [5.41, 5.74) is 1.71. The second kappa shape index (κ2) is 8.85. The molecule has 0 aliphatic rings. The predicted molar refractivity (Wildman–Crippen MR) is 101 cm³/mol. The maximum atomic E-state index is 12.1. The van der Waals surface area contributed by atoms with E-state index in [0.29, 0.717) is 27.4 Å². The number of Topliss-reactive ketones (excluding diaryl/α,β-unsaturated/α-hetero) is 1. The van der Waals surface area contributed by atoms with Crippen molar-refractivity contribution in [1.29, 1.82) is 5.26 Å². The number of hydrogen-bond donors (Lipinski definition) is 1. The van der Waals surface area contributed by atoms with Gasteiger partial charge >= 0.3 is 5.97 Å². The maximum absolute atomic E-state index is 12.1. The zero-order valence-electron chi connectivity index (χ0n) is 14.7. The van der Waals surface area contributed by atoms with Gasteiger partial charge in [0.25, 0.3) is 5.56 Å². The molecule has 140 valence electrons. The number of ketones is 1. The van der Waals surface area contributed by atoms with Gasteiger partial charge in [-0.1, -0.05) is 23.2 Å². The van der Waals surface area contributed by atoms with Gasteiger partial charge in [0.05, 0.1) is 10.0 Å². The number of benzene rings is 1. The third-order valence-electron chi connectivity index (χ3n) is 4.11. The molecule has 0 saturated carbocycles. The molecule has 0 radical (unpaired) electrons. The number of carbonyl (C=O) groups excluding carboxylic acids is 2. The number of aromatic nitrogens is 1. The highest BCUT2D eigenvalue weighted by molar-refractivity contribution is 6.42. The normalized spacial score (nSPS) is 10.3. The molecule has 1 aromatic heterocycles. The van der Waals surface area contributed by atoms with E-state index in [9.17, 15) is 14.4 Å². The predicted octanol–water partition coefficient (Wildman–Crippen LogP) is 3.53. The van der Waals surface area contributed by atoms with Crippen LogP contribution in [0, 0.1) is 25.2 Å². The summed E-state index contributed by atoms with van der Waals surface area (Å²) in [6.07, 6.45) is 0.288. The summed E-state index contributed by atoms with van der Waals surface area (Å²) >= 11 is 11.7. The number of aromatic amines is 1. The number of halogens is 2. The van der Waals surface area contributed by atoms with Crippen molar-refractivity contribution < 1.29 is 14.3 Å². The van der Waals surface area contributed by atoms with Crippen LogP contribution in [0.5, 0.6) is 0 Å². The summed E-state index contributed by atoms with van der Waals surface area (Å²) in [6, 6.07) is 6.27. The van der Waals surface area contributed by atoms with Crippen LogP contribution in [0.15, 0.2) is 23.0 Å². The largest absolute Gasteiger partial charge is 0.457 e. The Bertz CT molecular complexity index is 1010. The van der Waals surface area contributed by atoms with Crippen molar-refractivity contribution in [3.8, 4) is 6.07 Å². The summed E-state index contributed by atoms with van der Waals surface area (Å²) in [4.78, 5) is 38.3. The maximum Gasteiger partial charge on any atom is 0.306 e. The number of esters is 1. The molecule has 1 heterocycles. The molecule has 1 N–H and O–H groups in total. The van der Waals surface area contributed by atoms with Gasteiger partial charge in [0.1, 0.15) is 11.6 Å². The highest BCUT2D eigenvalue weighted by Gasteiger charge is 2.15. The van der Waals surface area contributed by atoms with Crippen LogP contribution in [0.2, 0.25) is 10.0 Å². The van der Waals surface area contributed by atoms with Crippen molar-refractivity contribution >= 4 is 35.0 Å². The molecule has 0 saturated heterocycles. The van der Waals surface area contributed by atoms with Crippen LogP contribution in [0.25, 0.3) is 0 Å². The lowest BCUT2D eigenvalue weighted by atomic mass is 9.99. The number of nitrogens with zero attached hydrogens (tertiary/aromatic N) is 1. The molecule has 0 bridgehead atoms. The monoisotopic (exact) mass is 406 g/mol. The fourth-order valence-electron chi connectivity index (χ4n) is 2.62. The molecule has 2 rings (SSSR count). The summed E-state index contributed by atoms with van der Waals surface area (Å²) in [7, 11) is 0. The number of rotatable bonds is 6. The second-order valence-electron chi connectivity index (χ2n) is 5.88. The number of ether oxygens (including phenoxy) is 1. The zero-order valence-corrected chi connectivity index (χ0v) is 16.2. The van der Waals surface area contributed by atoms with E-state index < -0.39 is 23.9 Å². The third-order valence-corrected chi connectivity index (χ3v) is 4.84. The van der Waals surface area contributed by atoms with Crippen LogP contribution < -0.4 is 5.56 Å². The Morgan fingerprint density at radius 3 is 2.56 bits per heavy atom. The molecule has 0 fully saturated rings. The van der Waals surface area contributed by atoms with Crippen LogP contribution >= 0.6 is 23.2 Å². The fourth-order valence-corrected chi connectivity index (χ4v) is 2.92. The number of pyridine rings is 1. The molecule has 0 spiro atoms. The lowest BCUT2D eigenvalue weighted by Gasteiger charge is -2.10. The molecule has 1 aromatic carbocycles. The molecule has 2 aromatic rings. The molecule has 0 amide bonds. The minimum Gasteiger partial charge on any atom is -0.457 e. The Morgan fingerprint density at radius 2 is 1.93 bits per heavy atom. The average molecular weight is 407 g/mol. The Balaban J connectivity index is 1.97. The van der Waals surface area contributed by atoms with Gasteiger partial charge in [-0.25, -0.2) is 0 Å². The van der Waals surface area contributed by atoms with E-state index in [1.807, 2.05) is 6.07 Å². The Kier molecular flexibility index (Phi) is 6.78. The van der Waals surface area contributed by atoms with Crippen LogP contribution in [-0.2, 0) is 16.0 Å². The van der Waals surface area contributed by atoms with E-state index in [1.54, 1.807) is 13.8 Å². The van der Waals surface area contributed by atoms with Crippen molar-refractivity contribution in [3.63, 3.8) is 0 Å². The summed E-state index contributed by atoms with van der Waals surface area (Å²) in [5.74, 6) is -0.961. The van der Waals surface area contributed by atoms with Gasteiger partial charge in [-0.3, -0.25) is 14.4 Å². The van der Waals surface area contributed by atoms with E-state index in [2.05, 4.69) is 4.98 Å². The van der Waals surface area contributed by atoms with E-state index in [-0.39, 0.29) is 23.4 Å². The van der Waals surface area contributed by atoms with Crippen molar-refractivity contribution in [1.82, 2.24) is 4.98 Å². The summed E-state index contributed by atoms with van der Waals surface area (Å²) < 4.78 is 5.01. The first-order valence-electron chi connectivity index (χ1n) is 8.01. The van der Waals surface area contributed by atoms with Crippen LogP contribution in [0.4, 0.5) is 0 Å². The first-order valence-corrected chi connectivity index (χ1v) is 8.76. The topological polar surface area (TPSA) is 100 Å². The van der Waals surface area contributed by atoms with Crippen LogP contribution in [-0.4, -0.2) is 23.3 Å². The quantitative estimate of drug-likeness (QED) is 0.583. The number of carbonyl (C=O) groups is 2. The fraction of sp³-hybridized carbons (Fsp3) is 0.263. The number of hydrogen-bond acceptors (Lipinski definition) is 5. The Hall–Kier alpha value is -2.62. The standard InChI is InChI=1S/C19H16Cl2N2O4/c1-10-13(11(2)23-19(26)14(10)8-22)4-6-18(25)27-9-17(24)12-3-5-15(20)16(21)7-12/h3,5,7H,4,6,9H2,1-2H3,(H,23,26). The SMILES string of the molecule is Cc1[nH]c(=O)c(C#N)c(C)c1CCC(=O)OCC(=O)c1ccc(Cl)c(Cl)c1. The van der Waals surface area contributed by atoms with Gasteiger partial charge in [0.2, 0.25) is 0 Å². The number of H-pyrrole nitrogens is 1. The van der Waals surface area contributed by atoms with Crippen molar-refractivity contribution in [2.45, 2.75) is 26.7 Å². The van der Waals surface area contributed by atoms with Gasteiger partial charge in [-0.2, -0.15) is 5.26 Å². The second-order valence-corrected chi connectivity index (χ2v) is 6.70. The summed E-state index contributed by atoms with van der Waals surface area (Å²) in [5, 5.41) is 9.63. The number of aryl methyl sites for hydroxylation is 1. The minimum absolute atomic E-state index is 0.00719. The lowest BCUT2D eigenvalue weighted by Crippen LogP contribution is -2.18. The van der Waals surface area contributed by atoms with E-state index in [0.717, 1.165) is 0 Å². The first-order chi connectivity index (χ1) is 12.7. The molecule has 0 aliphatic heterocycles. The van der Waals surface area contributed by atoms with Crippen LogP contribution in [0.1, 0.15) is 39.2 Å². The van der Waals surface area contributed by atoms with Gasteiger partial charge < -0.3 is 9.72 Å². The van der Waals surface area contributed by atoms with E-state index in [4.69, 9.17) is 33.2 Å². The smallest absolute Gasteiger partial charge is 0.306 e. The van der Waals surface area contributed by atoms with Gasteiger partial charge in [0.15, 0.2) is 12.4 Å². The van der Waals surface area contributed by atoms with Crippen LogP contribution in [0.3, 0.4) is 0 Å². The Labute approximate surface area is 165 Å². The lowest BCUT2D eigenvalue weighted by molar-refractivity contribution is -0.142. The molecular weight excluding hydrogens is 391 g/mol. The molecule has 8 heteroatoms.